The second-order valence-electron chi connectivity index (χ2n) is 8.54. The van der Waals surface area contributed by atoms with Crippen molar-refractivity contribution in [2.24, 2.45) is 0 Å². The van der Waals surface area contributed by atoms with Crippen molar-refractivity contribution in [2.75, 3.05) is 19.6 Å². The van der Waals surface area contributed by atoms with Crippen LogP contribution in [0.2, 0.25) is 0 Å². The number of thioether (sulfide) groups is 1. The van der Waals surface area contributed by atoms with Gasteiger partial charge >= 0.3 is 5.97 Å². The number of hydrogen-bond acceptors (Lipinski definition) is 4. The molecular formula is C28H27FN2O2S2. The molecule has 7 heteroatoms. The fourth-order valence-electron chi connectivity index (χ4n) is 4.85. The topological polar surface area (TPSA) is 55.0 Å². The third-order valence-electron chi connectivity index (χ3n) is 6.60. The Bertz CT molecular complexity index is 1370. The van der Waals surface area contributed by atoms with Gasteiger partial charge in [0.2, 0.25) is 0 Å². The molecule has 2 atom stereocenters. The Labute approximate surface area is 211 Å². The molecule has 5 rings (SSSR count). The van der Waals surface area contributed by atoms with E-state index in [0.29, 0.717) is 15.8 Å². The number of nitrogens with zero attached hydrogens (tertiary/aromatic N) is 1. The third-order valence-corrected chi connectivity index (χ3v) is 11.3. The van der Waals surface area contributed by atoms with Crippen molar-refractivity contribution in [3.8, 4) is 33.6 Å². The van der Waals surface area contributed by atoms with E-state index in [9.17, 15) is 9.18 Å². The van der Waals surface area contributed by atoms with Gasteiger partial charge in [-0.15, -0.1) is 0 Å². The minimum Gasteiger partial charge on any atom is -0.465 e. The Kier molecular flexibility index (Phi) is 6.71. The molecule has 0 radical (unpaired) electrons. The molecule has 0 bridgehead atoms. The van der Waals surface area contributed by atoms with E-state index >= 15 is 0 Å². The molecule has 1 aliphatic heterocycles. The van der Waals surface area contributed by atoms with Crippen molar-refractivity contribution in [1.82, 2.24) is 9.97 Å². The highest BCUT2D eigenvalue weighted by Gasteiger charge is 2.28. The van der Waals surface area contributed by atoms with E-state index in [1.165, 1.54) is 29.7 Å². The lowest BCUT2D eigenvalue weighted by molar-refractivity contribution is 0.0602. The van der Waals surface area contributed by atoms with Crippen molar-refractivity contribution in [3.05, 3.63) is 83.9 Å². The lowest BCUT2D eigenvalue weighted by Crippen LogP contribution is -2.12. The zero-order valence-corrected chi connectivity index (χ0v) is 21.6. The van der Waals surface area contributed by atoms with Gasteiger partial charge in [-0.25, -0.2) is 20.1 Å². The number of thiol groups is 1. The van der Waals surface area contributed by atoms with Crippen LogP contribution in [-0.2, 0) is 11.2 Å². The van der Waals surface area contributed by atoms with E-state index in [-0.39, 0.29) is 16.7 Å². The molecule has 1 aliphatic rings. The van der Waals surface area contributed by atoms with Gasteiger partial charge in [0.25, 0.3) is 0 Å². The summed E-state index contributed by atoms with van der Waals surface area (Å²) in [5.41, 5.74) is 6.54. The van der Waals surface area contributed by atoms with Gasteiger partial charge in [0, 0.05) is 22.5 Å². The molecule has 1 N–H and O–H groups in total. The Balaban J connectivity index is 1.74. The number of aromatic amines is 1. The number of pyridine rings is 1. The first kappa shape index (κ1) is 23.7. The maximum Gasteiger partial charge on any atom is 0.340 e. The fraction of sp³-hybridized carbons (Fsp3) is 0.214. The maximum absolute atomic E-state index is 13.7. The molecule has 4 nitrogen and oxygen atoms in total. The number of aryl methyl sites for hydroxylation is 1. The summed E-state index contributed by atoms with van der Waals surface area (Å²) in [6, 6.07) is 16.6. The van der Waals surface area contributed by atoms with Crippen LogP contribution in [0.1, 0.15) is 22.3 Å². The van der Waals surface area contributed by atoms with Gasteiger partial charge in [-0.1, -0.05) is 6.07 Å². The first-order valence-electron chi connectivity index (χ1n) is 11.4. The first-order chi connectivity index (χ1) is 17.0. The summed E-state index contributed by atoms with van der Waals surface area (Å²) < 4.78 is 19.6. The molecule has 2 unspecified atom stereocenters. The Morgan fingerprint density at radius 3 is 2.46 bits per heavy atom. The SMILES string of the molecule is COC(=O)c1c(-c2ccc3c(c2)CCC(SC)[SH]3C)[nH]c(-c2ccc(F)cc2)c1-c1ccncc1. The molecule has 0 amide bonds. The van der Waals surface area contributed by atoms with E-state index in [1.54, 1.807) is 24.5 Å². The van der Waals surface area contributed by atoms with Crippen LogP contribution in [-0.4, -0.2) is 40.1 Å². The molecule has 2 aromatic carbocycles. The highest BCUT2D eigenvalue weighted by atomic mass is 32.2. The van der Waals surface area contributed by atoms with Gasteiger partial charge < -0.3 is 9.72 Å². The molecule has 4 aromatic rings. The number of rotatable bonds is 5. The predicted octanol–water partition coefficient (Wildman–Crippen LogP) is 6.96. The van der Waals surface area contributed by atoms with Gasteiger partial charge in [0.1, 0.15) is 5.82 Å². The van der Waals surface area contributed by atoms with Crippen LogP contribution in [0.3, 0.4) is 0 Å². The number of fused-ring (bicyclic) bond motifs is 1. The number of H-pyrrole nitrogens is 1. The summed E-state index contributed by atoms with van der Waals surface area (Å²) in [6.45, 7) is 0. The second-order valence-corrected chi connectivity index (χ2v) is 12.3. The van der Waals surface area contributed by atoms with Crippen molar-refractivity contribution in [1.29, 1.82) is 0 Å². The molecule has 3 heterocycles. The molecule has 35 heavy (non-hydrogen) atoms. The van der Waals surface area contributed by atoms with Crippen molar-refractivity contribution in [2.45, 2.75) is 22.3 Å². The maximum atomic E-state index is 13.7. The van der Waals surface area contributed by atoms with Crippen LogP contribution in [0.25, 0.3) is 33.6 Å². The first-order valence-corrected chi connectivity index (χ1v) is 14.6. The quantitative estimate of drug-likeness (QED) is 0.227. The molecule has 0 spiro atoms. The summed E-state index contributed by atoms with van der Waals surface area (Å²) in [4.78, 5) is 22.3. The van der Waals surface area contributed by atoms with E-state index in [1.807, 2.05) is 23.9 Å². The molecule has 0 saturated heterocycles. The number of carbonyl (C=O) groups excluding carboxylic acids is 1. The van der Waals surface area contributed by atoms with Gasteiger partial charge in [-0.3, -0.25) is 4.98 Å². The highest BCUT2D eigenvalue weighted by Crippen LogP contribution is 2.50. The largest absolute Gasteiger partial charge is 0.465 e. The lowest BCUT2D eigenvalue weighted by Gasteiger charge is -2.33. The van der Waals surface area contributed by atoms with Crippen LogP contribution in [0.15, 0.2) is 71.9 Å². The van der Waals surface area contributed by atoms with Crippen molar-refractivity contribution >= 4 is 28.6 Å². The van der Waals surface area contributed by atoms with Crippen molar-refractivity contribution < 1.29 is 13.9 Å². The molecule has 180 valence electrons. The molecule has 0 fully saturated rings. The number of aromatic nitrogens is 2. The lowest BCUT2D eigenvalue weighted by atomic mass is 9.95. The van der Waals surface area contributed by atoms with Gasteiger partial charge in [0.15, 0.2) is 0 Å². The highest BCUT2D eigenvalue weighted by molar-refractivity contribution is 8.27. The summed E-state index contributed by atoms with van der Waals surface area (Å²) in [5, 5.41) is 0. The standard InChI is InChI=1S/C28H27FN2O2S2/c1-33-28(32)25-24(17-12-14-30-15-13-17)26(18-4-8-21(29)9-5-18)31-27(25)20-6-10-22-19(16-20)7-11-23(34-2)35(22)3/h4-6,8-10,12-16,23,31,35H,7,11H2,1-3H3. The summed E-state index contributed by atoms with van der Waals surface area (Å²) in [5.74, 6) is -0.734. The summed E-state index contributed by atoms with van der Waals surface area (Å²) >= 11 is 1.96. The number of ether oxygens (including phenoxy) is 1. The zero-order chi connectivity index (χ0) is 24.5. The summed E-state index contributed by atoms with van der Waals surface area (Å²) in [6.07, 6.45) is 10.1. The van der Waals surface area contributed by atoms with Crippen molar-refractivity contribution in [3.63, 3.8) is 0 Å². The number of halogens is 1. The van der Waals surface area contributed by atoms with Gasteiger partial charge in [-0.2, -0.15) is 11.8 Å². The van der Waals surface area contributed by atoms with E-state index in [0.717, 1.165) is 40.8 Å². The van der Waals surface area contributed by atoms with E-state index in [4.69, 9.17) is 4.74 Å². The molecule has 0 aliphatic carbocycles. The number of methoxy groups -OCH3 is 1. The van der Waals surface area contributed by atoms with Crippen LogP contribution in [0.4, 0.5) is 4.39 Å². The van der Waals surface area contributed by atoms with E-state index in [2.05, 4.69) is 40.7 Å². The Hall–Kier alpha value is -3.03. The molecule has 2 aromatic heterocycles. The third kappa shape index (κ3) is 4.39. The number of nitrogens with one attached hydrogen (secondary N) is 1. The second kappa shape index (κ2) is 9.91. The van der Waals surface area contributed by atoms with E-state index < -0.39 is 5.97 Å². The number of carbonyl (C=O) groups is 1. The van der Waals surface area contributed by atoms with Crippen LogP contribution >= 0.6 is 22.7 Å². The zero-order valence-electron chi connectivity index (χ0n) is 19.8. The summed E-state index contributed by atoms with van der Waals surface area (Å²) in [7, 11) is 1.16. The average molecular weight is 507 g/mol. The number of hydrogen-bond donors (Lipinski definition) is 2. The van der Waals surface area contributed by atoms with Crippen LogP contribution in [0, 0.1) is 5.82 Å². The van der Waals surface area contributed by atoms with Gasteiger partial charge in [0.05, 0.1) is 24.1 Å². The normalized spacial score (nSPS) is 18.2. The predicted molar refractivity (Wildman–Crippen MR) is 145 cm³/mol. The molecule has 0 saturated carbocycles. The van der Waals surface area contributed by atoms with Crippen LogP contribution < -0.4 is 0 Å². The Morgan fingerprint density at radius 1 is 1.06 bits per heavy atom. The number of esters is 1. The van der Waals surface area contributed by atoms with Gasteiger partial charge in [-0.05, 0) is 101 Å². The fourth-order valence-corrected chi connectivity index (χ4v) is 8.58. The minimum atomic E-state index is -0.422. The Morgan fingerprint density at radius 2 is 1.77 bits per heavy atom. The average Bonchev–Trinajstić information content (AvgIpc) is 3.30. The monoisotopic (exact) mass is 506 g/mol. The molecular weight excluding hydrogens is 479 g/mol. The number of benzene rings is 2. The van der Waals surface area contributed by atoms with Crippen LogP contribution in [0.5, 0.6) is 0 Å². The smallest absolute Gasteiger partial charge is 0.340 e. The minimum absolute atomic E-state index is 0.233.